The van der Waals surface area contributed by atoms with Gasteiger partial charge in [-0.25, -0.2) is 9.97 Å². The molecule has 3 N–H and O–H groups in total. The molecule has 0 bridgehead atoms. The van der Waals surface area contributed by atoms with Gasteiger partial charge >= 0.3 is 0 Å². The molecule has 0 radical (unpaired) electrons. The third-order valence-corrected chi connectivity index (χ3v) is 6.84. The Morgan fingerprint density at radius 1 is 0.952 bits per heavy atom. The maximum Gasteiger partial charge on any atom is 0.254 e. The molecule has 4 aromatic rings. The summed E-state index contributed by atoms with van der Waals surface area (Å²) >= 11 is 0. The van der Waals surface area contributed by atoms with E-state index in [9.17, 15) is 14.7 Å². The predicted molar refractivity (Wildman–Crippen MR) is 161 cm³/mol. The van der Waals surface area contributed by atoms with Gasteiger partial charge in [0, 0.05) is 43.2 Å². The molecule has 0 fully saturated rings. The van der Waals surface area contributed by atoms with E-state index in [1.54, 1.807) is 50.7 Å². The van der Waals surface area contributed by atoms with Gasteiger partial charge < -0.3 is 25.4 Å². The minimum absolute atomic E-state index is 0.241. The lowest BCUT2D eigenvalue weighted by Crippen LogP contribution is -2.48. The van der Waals surface area contributed by atoms with Crippen LogP contribution in [0.25, 0.3) is 0 Å². The lowest BCUT2D eigenvalue weighted by atomic mass is 10.00. The summed E-state index contributed by atoms with van der Waals surface area (Å²) in [7, 11) is 3.29. The summed E-state index contributed by atoms with van der Waals surface area (Å²) in [5.74, 6) is 0.677. The van der Waals surface area contributed by atoms with Gasteiger partial charge in [0.05, 0.1) is 25.8 Å². The van der Waals surface area contributed by atoms with Crippen molar-refractivity contribution < 1.29 is 19.4 Å². The number of amides is 2. The summed E-state index contributed by atoms with van der Waals surface area (Å²) < 4.78 is 5.29. The smallest absolute Gasteiger partial charge is 0.254 e. The molecule has 3 aromatic carbocycles. The average Bonchev–Trinajstić information content (AvgIpc) is 3.01. The summed E-state index contributed by atoms with van der Waals surface area (Å²) in [4.78, 5) is 36.6. The number of carbonyl (C=O) groups excluding carboxylic acids is 2. The van der Waals surface area contributed by atoms with E-state index in [4.69, 9.17) is 4.74 Å². The largest absolute Gasteiger partial charge is 0.497 e. The van der Waals surface area contributed by atoms with Crippen LogP contribution in [0, 0.1) is 6.92 Å². The van der Waals surface area contributed by atoms with Gasteiger partial charge in [0.25, 0.3) is 11.8 Å². The van der Waals surface area contributed by atoms with E-state index in [1.165, 1.54) is 4.90 Å². The van der Waals surface area contributed by atoms with Gasteiger partial charge in [0.2, 0.25) is 0 Å². The van der Waals surface area contributed by atoms with Crippen LogP contribution in [0.5, 0.6) is 5.75 Å². The number of aliphatic hydroxyl groups excluding tert-OH is 1. The molecule has 4 rings (SSSR count). The molecule has 1 heterocycles. The lowest BCUT2D eigenvalue weighted by molar-refractivity contribution is 0.0781. The Bertz CT molecular complexity index is 1480. The first-order valence-corrected chi connectivity index (χ1v) is 13.8. The highest BCUT2D eigenvalue weighted by atomic mass is 16.5. The molecule has 0 aliphatic heterocycles. The number of aliphatic hydroxyl groups is 1. The number of methoxy groups -OCH3 is 1. The van der Waals surface area contributed by atoms with Gasteiger partial charge in [-0.05, 0) is 60.9 Å². The molecule has 9 heteroatoms. The zero-order valence-corrected chi connectivity index (χ0v) is 24.2. The summed E-state index contributed by atoms with van der Waals surface area (Å²) in [5, 5.41) is 17.4. The van der Waals surface area contributed by atoms with E-state index in [0.29, 0.717) is 29.9 Å². The molecule has 9 nitrogen and oxygen atoms in total. The molecular formula is C33H37N5O4. The van der Waals surface area contributed by atoms with Gasteiger partial charge in [-0.15, -0.1) is 0 Å². The topological polar surface area (TPSA) is 117 Å². The van der Waals surface area contributed by atoms with E-state index in [0.717, 1.165) is 22.6 Å². The summed E-state index contributed by atoms with van der Waals surface area (Å²) in [5.41, 5.74) is 3.53. The fraction of sp³-hybridized carbons (Fsp3) is 0.273. The number of ether oxygens (including phenoxy) is 1. The quantitative estimate of drug-likeness (QED) is 0.226. The van der Waals surface area contributed by atoms with Gasteiger partial charge in [0.15, 0.2) is 0 Å². The van der Waals surface area contributed by atoms with Crippen molar-refractivity contribution in [3.63, 3.8) is 0 Å². The van der Waals surface area contributed by atoms with Crippen molar-refractivity contribution >= 4 is 11.8 Å². The summed E-state index contributed by atoms with van der Waals surface area (Å²) in [6.07, 6.45) is 1.23. The second kappa shape index (κ2) is 14.9. The normalized spacial score (nSPS) is 12.3. The van der Waals surface area contributed by atoms with Gasteiger partial charge in [-0.1, -0.05) is 48.5 Å². The van der Waals surface area contributed by atoms with Gasteiger partial charge in [-0.3, -0.25) is 9.59 Å². The fourth-order valence-corrected chi connectivity index (χ4v) is 4.57. The Kier molecular flexibility index (Phi) is 10.7. The van der Waals surface area contributed by atoms with Crippen LogP contribution < -0.4 is 15.4 Å². The summed E-state index contributed by atoms with van der Waals surface area (Å²) in [6, 6.07) is 25.2. The zero-order valence-electron chi connectivity index (χ0n) is 24.2. The van der Waals surface area contributed by atoms with Crippen molar-refractivity contribution in [1.82, 2.24) is 25.5 Å². The molecule has 0 aliphatic rings. The first-order chi connectivity index (χ1) is 20.3. The Labute approximate surface area is 246 Å². The van der Waals surface area contributed by atoms with E-state index in [1.807, 2.05) is 61.5 Å². The van der Waals surface area contributed by atoms with Crippen LogP contribution in [-0.4, -0.2) is 64.6 Å². The molecule has 2 amide bonds. The fourth-order valence-electron chi connectivity index (χ4n) is 4.57. The van der Waals surface area contributed by atoms with E-state index >= 15 is 0 Å². The Morgan fingerprint density at radius 3 is 2.45 bits per heavy atom. The second-order valence-corrected chi connectivity index (χ2v) is 10.2. The Balaban J connectivity index is 1.43. The molecule has 2 atom stereocenters. The van der Waals surface area contributed by atoms with Crippen LogP contribution in [0.1, 0.15) is 43.4 Å². The van der Waals surface area contributed by atoms with Crippen LogP contribution in [0.3, 0.4) is 0 Å². The number of carbonyl (C=O) groups is 2. The van der Waals surface area contributed by atoms with Crippen LogP contribution in [0.2, 0.25) is 0 Å². The molecule has 0 saturated heterocycles. The number of hydrogen-bond donors (Lipinski definition) is 3. The highest BCUT2D eigenvalue weighted by Crippen LogP contribution is 2.14. The number of benzene rings is 3. The predicted octanol–water partition coefficient (Wildman–Crippen LogP) is 3.56. The number of hydrogen-bond acceptors (Lipinski definition) is 7. The molecule has 0 saturated carbocycles. The maximum atomic E-state index is 13.4. The average molecular weight is 568 g/mol. The minimum atomic E-state index is -0.870. The van der Waals surface area contributed by atoms with Crippen molar-refractivity contribution in [3.8, 4) is 5.75 Å². The van der Waals surface area contributed by atoms with Crippen molar-refractivity contribution in [3.05, 3.63) is 125 Å². The molecule has 0 spiro atoms. The van der Waals surface area contributed by atoms with Gasteiger partial charge in [-0.2, -0.15) is 0 Å². The van der Waals surface area contributed by atoms with E-state index < -0.39 is 12.1 Å². The third-order valence-electron chi connectivity index (χ3n) is 6.84. The molecular weight excluding hydrogens is 530 g/mol. The minimum Gasteiger partial charge on any atom is -0.497 e. The van der Waals surface area contributed by atoms with Crippen molar-refractivity contribution in [2.24, 2.45) is 0 Å². The first-order valence-electron chi connectivity index (χ1n) is 13.8. The van der Waals surface area contributed by atoms with Crippen molar-refractivity contribution in [1.29, 1.82) is 0 Å². The van der Waals surface area contributed by atoms with E-state index in [2.05, 4.69) is 20.6 Å². The van der Waals surface area contributed by atoms with Gasteiger partial charge in [0.1, 0.15) is 11.6 Å². The molecule has 0 unspecified atom stereocenters. The Morgan fingerprint density at radius 2 is 1.69 bits per heavy atom. The SMILES string of the molecule is COc1cccc(CNC[C@@H](O)[C@H](Cc2ccccc2)NC(=O)c2cccc(C(=O)N(C)Cc3nccc(C)n3)c2)c1. The second-order valence-electron chi connectivity index (χ2n) is 10.2. The number of nitrogens with one attached hydrogen (secondary N) is 2. The van der Waals surface area contributed by atoms with Crippen LogP contribution in [-0.2, 0) is 19.5 Å². The summed E-state index contributed by atoms with van der Waals surface area (Å²) in [6.45, 7) is 2.91. The Hall–Kier alpha value is -4.60. The monoisotopic (exact) mass is 567 g/mol. The third kappa shape index (κ3) is 8.70. The zero-order chi connectivity index (χ0) is 29.9. The number of rotatable bonds is 13. The molecule has 42 heavy (non-hydrogen) atoms. The number of aryl methyl sites for hydroxylation is 1. The first kappa shape index (κ1) is 30.4. The molecule has 1 aromatic heterocycles. The number of aromatic nitrogens is 2. The van der Waals surface area contributed by atoms with Crippen LogP contribution in [0.4, 0.5) is 0 Å². The molecule has 0 aliphatic carbocycles. The number of nitrogens with zero attached hydrogens (tertiary/aromatic N) is 3. The van der Waals surface area contributed by atoms with Crippen molar-refractivity contribution in [2.75, 3.05) is 20.7 Å². The maximum absolute atomic E-state index is 13.4. The van der Waals surface area contributed by atoms with Crippen LogP contribution >= 0.6 is 0 Å². The lowest BCUT2D eigenvalue weighted by Gasteiger charge is -2.25. The highest BCUT2D eigenvalue weighted by Gasteiger charge is 2.23. The van der Waals surface area contributed by atoms with E-state index in [-0.39, 0.29) is 24.9 Å². The van der Waals surface area contributed by atoms with Crippen molar-refractivity contribution in [2.45, 2.75) is 38.6 Å². The molecule has 218 valence electrons. The standard InChI is InChI=1S/C33H37N5O4/c1-23-15-16-35-31(36-23)22-38(2)33(41)27-13-8-12-26(19-27)32(40)37-29(18-24-9-5-4-6-10-24)30(39)21-34-20-25-11-7-14-28(17-25)42-3/h4-17,19,29-30,34,39H,18,20-22H2,1-3H3,(H,37,40)/t29-,30+/m0/s1. The highest BCUT2D eigenvalue weighted by molar-refractivity contribution is 5.99. The van der Waals surface area contributed by atoms with Crippen LogP contribution in [0.15, 0.2) is 91.1 Å².